The van der Waals surface area contributed by atoms with Gasteiger partial charge in [0.2, 0.25) is 0 Å². The smallest absolute Gasteiger partial charge is 0.139 e. The number of hydrogen-bond acceptors (Lipinski definition) is 2. The van der Waals surface area contributed by atoms with Crippen molar-refractivity contribution in [2.45, 2.75) is 57.2 Å². The number of unbranched alkanes of at least 4 members (excludes halogenated alkanes) is 2. The number of fused-ring (bicyclic) bond motifs is 1. The van der Waals surface area contributed by atoms with Gasteiger partial charge in [0.15, 0.2) is 0 Å². The Morgan fingerprint density at radius 2 is 2.05 bits per heavy atom. The van der Waals surface area contributed by atoms with E-state index in [1.54, 1.807) is 0 Å². The molecule has 0 unspecified atom stereocenters. The predicted octanol–water partition coefficient (Wildman–Crippen LogP) is 4.87. The van der Waals surface area contributed by atoms with Crippen LogP contribution in [0.4, 0.5) is 0 Å². The van der Waals surface area contributed by atoms with Crippen molar-refractivity contribution in [2.24, 2.45) is 5.92 Å². The maximum absolute atomic E-state index is 11.0. The van der Waals surface area contributed by atoms with E-state index in [0.717, 1.165) is 35.1 Å². The minimum atomic E-state index is -0.708. The molecule has 1 aromatic carbocycles. The number of hydrogen-bond donors (Lipinski definition) is 1. The van der Waals surface area contributed by atoms with E-state index in [2.05, 4.69) is 22.9 Å². The Hall–Kier alpha value is -0.800. The Kier molecular flexibility index (Phi) is 4.41. The molecule has 3 heteroatoms. The molecule has 3 rings (SSSR count). The minimum absolute atomic E-state index is 0.145. The summed E-state index contributed by atoms with van der Waals surface area (Å²) in [4.78, 5) is 0. The van der Waals surface area contributed by atoms with Crippen molar-refractivity contribution < 1.29 is 9.84 Å². The molecule has 1 aromatic rings. The zero-order valence-electron chi connectivity index (χ0n) is 12.5. The molecule has 21 heavy (non-hydrogen) atoms. The molecule has 0 spiro atoms. The van der Waals surface area contributed by atoms with E-state index in [1.807, 2.05) is 30.3 Å². The first-order chi connectivity index (χ1) is 10.2. The highest BCUT2D eigenvalue weighted by Crippen LogP contribution is 2.55. The maximum Gasteiger partial charge on any atom is 0.139 e. The number of benzene rings is 1. The maximum atomic E-state index is 11.0. The van der Waals surface area contributed by atoms with Gasteiger partial charge in [0.1, 0.15) is 17.5 Å². The van der Waals surface area contributed by atoms with Crippen molar-refractivity contribution in [3.05, 3.63) is 40.4 Å². The molecule has 3 atom stereocenters. The Balaban J connectivity index is 1.87. The van der Waals surface area contributed by atoms with Crippen LogP contribution in [0.5, 0.6) is 0 Å². The number of aliphatic hydroxyl groups is 1. The number of halogens is 1. The highest BCUT2D eigenvalue weighted by Gasteiger charge is 2.55. The Morgan fingerprint density at radius 3 is 2.67 bits per heavy atom. The second-order valence-corrected chi connectivity index (χ2v) is 7.02. The van der Waals surface area contributed by atoms with Crippen LogP contribution in [0.25, 0.3) is 5.76 Å². The van der Waals surface area contributed by atoms with E-state index >= 15 is 0 Å². The lowest BCUT2D eigenvalue weighted by Gasteiger charge is -2.52. The zero-order chi connectivity index (χ0) is 14.9. The summed E-state index contributed by atoms with van der Waals surface area (Å²) in [7, 11) is 0. The fraction of sp³-hybridized carbons (Fsp3) is 0.556. The third-order valence-electron chi connectivity index (χ3n) is 4.88. The highest BCUT2D eigenvalue weighted by atomic mass is 79.9. The van der Waals surface area contributed by atoms with Crippen molar-refractivity contribution in [2.75, 3.05) is 0 Å². The van der Waals surface area contributed by atoms with E-state index in [0.29, 0.717) is 0 Å². The lowest BCUT2D eigenvalue weighted by atomic mass is 9.64. The van der Waals surface area contributed by atoms with Gasteiger partial charge in [-0.1, -0.05) is 50.1 Å². The molecule has 0 radical (unpaired) electrons. The topological polar surface area (TPSA) is 29.5 Å². The second-order valence-electron chi connectivity index (χ2n) is 6.23. The Bertz CT molecular complexity index is 525. The van der Waals surface area contributed by atoms with Gasteiger partial charge in [0.05, 0.1) is 4.48 Å². The predicted molar refractivity (Wildman–Crippen MR) is 89.0 cm³/mol. The van der Waals surface area contributed by atoms with Crippen LogP contribution < -0.4 is 0 Å². The molecule has 0 saturated heterocycles. The van der Waals surface area contributed by atoms with Crippen molar-refractivity contribution in [3.63, 3.8) is 0 Å². The fourth-order valence-electron chi connectivity index (χ4n) is 3.47. The molecule has 1 N–H and O–H groups in total. The number of rotatable bonds is 5. The third-order valence-corrected chi connectivity index (χ3v) is 5.92. The molecule has 1 aliphatic carbocycles. The Morgan fingerprint density at radius 1 is 1.29 bits per heavy atom. The van der Waals surface area contributed by atoms with Crippen molar-refractivity contribution in [1.29, 1.82) is 0 Å². The second kappa shape index (κ2) is 6.13. The summed E-state index contributed by atoms with van der Waals surface area (Å²) in [5.74, 6) is 1.08. The third kappa shape index (κ3) is 2.66. The van der Waals surface area contributed by atoms with Crippen LogP contribution >= 0.6 is 15.9 Å². The van der Waals surface area contributed by atoms with Gasteiger partial charge in [0.25, 0.3) is 0 Å². The Labute approximate surface area is 135 Å². The van der Waals surface area contributed by atoms with Crippen LogP contribution in [0.3, 0.4) is 0 Å². The molecule has 0 aromatic heterocycles. The first kappa shape index (κ1) is 15.1. The van der Waals surface area contributed by atoms with Crippen LogP contribution in [-0.4, -0.2) is 16.8 Å². The zero-order valence-corrected chi connectivity index (χ0v) is 14.1. The summed E-state index contributed by atoms with van der Waals surface area (Å²) in [5.41, 5.74) is 0.337. The van der Waals surface area contributed by atoms with E-state index in [4.69, 9.17) is 4.74 Å². The minimum Gasteiger partial charge on any atom is -0.488 e. The molecule has 1 heterocycles. The summed E-state index contributed by atoms with van der Waals surface area (Å²) >= 11 is 3.62. The summed E-state index contributed by atoms with van der Waals surface area (Å²) < 4.78 is 7.14. The van der Waals surface area contributed by atoms with Gasteiger partial charge in [-0.3, -0.25) is 0 Å². The van der Waals surface area contributed by atoms with Crippen molar-refractivity contribution >= 4 is 21.7 Å². The van der Waals surface area contributed by atoms with Gasteiger partial charge in [-0.25, -0.2) is 0 Å². The molecule has 1 saturated carbocycles. The fourth-order valence-corrected chi connectivity index (χ4v) is 4.29. The lowest BCUT2D eigenvalue weighted by Crippen LogP contribution is -2.56. The van der Waals surface area contributed by atoms with E-state index < -0.39 is 5.60 Å². The molecule has 0 bridgehead atoms. The molecule has 114 valence electrons. The monoisotopic (exact) mass is 350 g/mol. The van der Waals surface area contributed by atoms with E-state index in [9.17, 15) is 5.11 Å². The first-order valence-corrected chi connectivity index (χ1v) is 8.81. The van der Waals surface area contributed by atoms with Crippen molar-refractivity contribution in [1.82, 2.24) is 0 Å². The molecule has 2 nitrogen and oxygen atoms in total. The molecular formula is C18H23BrO2. The molecule has 0 amide bonds. The van der Waals surface area contributed by atoms with Crippen LogP contribution in [0.1, 0.15) is 51.0 Å². The molecule has 1 aliphatic heterocycles. The van der Waals surface area contributed by atoms with Gasteiger partial charge < -0.3 is 9.84 Å². The van der Waals surface area contributed by atoms with E-state index in [1.165, 1.54) is 19.3 Å². The highest BCUT2D eigenvalue weighted by molar-refractivity contribution is 9.12. The van der Waals surface area contributed by atoms with Gasteiger partial charge in [-0.15, -0.1) is 0 Å². The first-order valence-electron chi connectivity index (χ1n) is 8.01. The van der Waals surface area contributed by atoms with Gasteiger partial charge >= 0.3 is 0 Å². The summed E-state index contributed by atoms with van der Waals surface area (Å²) in [6, 6.07) is 10.1. The van der Waals surface area contributed by atoms with Gasteiger partial charge in [-0.05, 0) is 41.6 Å². The molecule has 1 fully saturated rings. The lowest BCUT2D eigenvalue weighted by molar-refractivity contribution is -0.124. The van der Waals surface area contributed by atoms with Crippen molar-refractivity contribution in [3.8, 4) is 0 Å². The van der Waals surface area contributed by atoms with Crippen LogP contribution in [0, 0.1) is 5.92 Å². The molecule has 2 aliphatic rings. The molecular weight excluding hydrogens is 328 g/mol. The average molecular weight is 351 g/mol. The summed E-state index contributed by atoms with van der Waals surface area (Å²) in [5, 5.41) is 11.0. The van der Waals surface area contributed by atoms with Crippen LogP contribution in [0.15, 0.2) is 34.8 Å². The number of ether oxygens (including phenoxy) is 1. The summed E-state index contributed by atoms with van der Waals surface area (Å²) in [6.45, 7) is 2.22. The van der Waals surface area contributed by atoms with E-state index in [-0.39, 0.29) is 12.0 Å². The quantitative estimate of drug-likeness (QED) is 0.767. The van der Waals surface area contributed by atoms with Crippen LogP contribution in [0.2, 0.25) is 0 Å². The summed E-state index contributed by atoms with van der Waals surface area (Å²) in [6.07, 6.45) is 6.70. The van der Waals surface area contributed by atoms with Crippen LogP contribution in [-0.2, 0) is 4.74 Å². The normalized spacial score (nSPS) is 31.4. The SMILES string of the molecule is CCCCC[C@@H]1OC(c2ccccc2)=C(Br)[C@]2(O)CC[C@H]12. The van der Waals surface area contributed by atoms with Gasteiger partial charge in [-0.2, -0.15) is 0 Å². The average Bonchev–Trinajstić information content (AvgIpc) is 2.49. The van der Waals surface area contributed by atoms with Gasteiger partial charge in [0, 0.05) is 11.5 Å². The standard InChI is InChI=1S/C18H23BrO2/c1-2-3-5-10-15-14-11-12-18(14,20)17(19)16(21-15)13-8-6-4-7-9-13/h4,6-9,14-15,20H,2-3,5,10-12H2,1H3/t14-,15+,18+/m1/s1. The largest absolute Gasteiger partial charge is 0.488 e.